The molecule has 17 atom stereocenters. The first-order valence-electron chi connectivity index (χ1n) is 15.7. The molecular weight excluding hydrogens is 584 g/mol. The Labute approximate surface area is 256 Å². The number of nitrogens with two attached hydrogens (primary N) is 4. The molecule has 5 fully saturated rings. The second kappa shape index (κ2) is 14.6. The number of aliphatic hydroxyl groups excluding tert-OH is 6. The van der Waals surface area contributed by atoms with Crippen LogP contribution in [0.25, 0.3) is 0 Å². The van der Waals surface area contributed by atoms with Crippen LogP contribution >= 0.6 is 0 Å². The molecule has 17 nitrogen and oxygen atoms in total. The maximum absolute atomic E-state index is 11.3. The third-order valence-corrected chi connectivity index (χ3v) is 9.89. The van der Waals surface area contributed by atoms with E-state index in [2.05, 4.69) is 10.6 Å². The lowest BCUT2D eigenvalue weighted by Crippen LogP contribution is -2.70. The third kappa shape index (κ3) is 7.09. The number of hydrogen-bond acceptors (Lipinski definition) is 17. The zero-order valence-electron chi connectivity index (χ0n) is 25.0. The van der Waals surface area contributed by atoms with Crippen LogP contribution < -0.4 is 33.6 Å². The molecule has 0 aromatic rings. The number of likely N-dealkylation sites (N-methyl/N-ethyl adjacent to an activating group) is 1. The van der Waals surface area contributed by atoms with Gasteiger partial charge in [0.25, 0.3) is 0 Å². The molecule has 5 rings (SSSR count). The van der Waals surface area contributed by atoms with Gasteiger partial charge in [-0.05, 0) is 45.6 Å². The first-order valence-corrected chi connectivity index (χ1v) is 15.7. The Morgan fingerprint density at radius 3 is 2.05 bits per heavy atom. The lowest BCUT2D eigenvalue weighted by Gasteiger charge is -2.51. The van der Waals surface area contributed by atoms with E-state index in [0.29, 0.717) is 0 Å². The van der Waals surface area contributed by atoms with Crippen LogP contribution in [0.1, 0.15) is 38.5 Å². The molecule has 0 bridgehead atoms. The van der Waals surface area contributed by atoms with Gasteiger partial charge in [-0.1, -0.05) is 0 Å². The molecule has 44 heavy (non-hydrogen) atoms. The summed E-state index contributed by atoms with van der Waals surface area (Å²) in [6.45, 7) is -0.436. The molecule has 3 heterocycles. The van der Waals surface area contributed by atoms with Gasteiger partial charge in [0, 0.05) is 24.2 Å². The van der Waals surface area contributed by atoms with Crippen molar-refractivity contribution < 1.29 is 54.3 Å². The van der Waals surface area contributed by atoms with Crippen molar-refractivity contribution in [1.82, 2.24) is 10.6 Å². The molecule has 5 aliphatic rings. The van der Waals surface area contributed by atoms with Crippen molar-refractivity contribution in [3.05, 3.63) is 0 Å². The van der Waals surface area contributed by atoms with Crippen molar-refractivity contribution in [2.45, 2.75) is 155 Å². The quantitative estimate of drug-likeness (QED) is 0.118. The smallest absolute Gasteiger partial charge is 0.189 e. The van der Waals surface area contributed by atoms with Gasteiger partial charge in [-0.15, -0.1) is 0 Å². The second-order valence-electron chi connectivity index (χ2n) is 13.0. The van der Waals surface area contributed by atoms with Crippen molar-refractivity contribution >= 4 is 0 Å². The Morgan fingerprint density at radius 2 is 1.39 bits per heavy atom. The fourth-order valence-electron chi connectivity index (χ4n) is 7.19. The minimum atomic E-state index is -1.49. The molecule has 9 unspecified atom stereocenters. The van der Waals surface area contributed by atoms with E-state index in [-0.39, 0.29) is 24.9 Å². The number of aliphatic hydroxyl groups is 6. The zero-order chi connectivity index (χ0) is 31.9. The minimum Gasteiger partial charge on any atom is -0.394 e. The number of nitrogens with one attached hydrogen (secondary N) is 2. The number of ether oxygens (including phenoxy) is 5. The normalized spacial score (nSPS) is 53.7. The minimum absolute atomic E-state index is 0.0577. The van der Waals surface area contributed by atoms with E-state index in [1.54, 1.807) is 7.05 Å². The predicted octanol–water partition coefficient (Wildman–Crippen LogP) is -6.05. The molecule has 17 heteroatoms. The number of hydrogen-bond donors (Lipinski definition) is 12. The summed E-state index contributed by atoms with van der Waals surface area (Å²) in [5, 5.41) is 70.5. The molecule has 3 aliphatic heterocycles. The Balaban J connectivity index is 1.22. The Kier molecular flexibility index (Phi) is 11.5. The van der Waals surface area contributed by atoms with Gasteiger partial charge in [-0.3, -0.25) is 0 Å². The molecular formula is C27H52N6O11. The van der Waals surface area contributed by atoms with Crippen molar-refractivity contribution in [3.63, 3.8) is 0 Å². The topological polar surface area (TPSA) is 296 Å². The summed E-state index contributed by atoms with van der Waals surface area (Å²) in [6, 6.07) is -3.57. The van der Waals surface area contributed by atoms with Crippen LogP contribution in [-0.2, 0) is 23.7 Å². The monoisotopic (exact) mass is 636 g/mol. The zero-order valence-corrected chi connectivity index (χ0v) is 25.0. The standard InChI is InChI=1S/C27H52N6O11/c1-32-17-20(37)24-14(7-13(31)25(43-24)42-23-12(30)6-11(29)18(35)21(23)38)40-26(17)44-27-22(39)19(36)16(15(8-34)41-27)33-10-4-2-9(28)3-5-10/h9-27,32-39H,2-8,28-31H2,1H3/t9-,10-,11-,12?,13?,14+,15?,16-,17?,18?,19+,20?,21-,22?,23-,24?,25+,26?,27-/m1/s1. The summed E-state index contributed by atoms with van der Waals surface area (Å²) in [7, 11) is 1.58. The SMILES string of the molecule is CNC1C(O[C@H]2OC(CO)[C@@H](N[C@H]3CC[C@H](N)CC3)[C@H](O)C2O)O[C@H]2CC(N)[C@@H](O[C@@H]3C(N)C[C@@H](N)C(O)[C@H]3O)OC2C1O. The molecule has 16 N–H and O–H groups in total. The first-order chi connectivity index (χ1) is 20.9. The van der Waals surface area contributed by atoms with Gasteiger partial charge in [0.1, 0.15) is 42.7 Å². The van der Waals surface area contributed by atoms with E-state index in [0.717, 1.165) is 25.7 Å². The van der Waals surface area contributed by atoms with Crippen LogP contribution in [0.5, 0.6) is 0 Å². The lowest BCUT2D eigenvalue weighted by molar-refractivity contribution is -0.374. The summed E-state index contributed by atoms with van der Waals surface area (Å²) in [6.07, 6.45) is -10.1. The van der Waals surface area contributed by atoms with Gasteiger partial charge in [-0.25, -0.2) is 0 Å². The lowest BCUT2D eigenvalue weighted by atomic mass is 9.84. The van der Waals surface area contributed by atoms with Crippen LogP contribution in [0, 0.1) is 0 Å². The molecule has 0 aromatic heterocycles. The Morgan fingerprint density at radius 1 is 0.682 bits per heavy atom. The van der Waals surface area contributed by atoms with E-state index < -0.39 is 111 Å². The maximum Gasteiger partial charge on any atom is 0.189 e. The van der Waals surface area contributed by atoms with E-state index in [1.807, 2.05) is 0 Å². The van der Waals surface area contributed by atoms with E-state index >= 15 is 0 Å². The second-order valence-corrected chi connectivity index (χ2v) is 13.0. The molecule has 256 valence electrons. The largest absolute Gasteiger partial charge is 0.394 e. The highest BCUT2D eigenvalue weighted by Crippen LogP contribution is 2.36. The van der Waals surface area contributed by atoms with Crippen molar-refractivity contribution in [2.75, 3.05) is 13.7 Å². The molecule has 3 saturated heterocycles. The average Bonchev–Trinajstić information content (AvgIpc) is 2.99. The molecule has 0 spiro atoms. The van der Waals surface area contributed by atoms with Gasteiger partial charge in [0.05, 0.1) is 36.9 Å². The van der Waals surface area contributed by atoms with Crippen molar-refractivity contribution in [2.24, 2.45) is 22.9 Å². The molecule has 2 saturated carbocycles. The Bertz CT molecular complexity index is 920. The van der Waals surface area contributed by atoms with Gasteiger partial charge in [-0.2, -0.15) is 0 Å². The highest BCUT2D eigenvalue weighted by Gasteiger charge is 2.54. The average molecular weight is 637 g/mol. The van der Waals surface area contributed by atoms with Crippen LogP contribution in [0.15, 0.2) is 0 Å². The summed E-state index contributed by atoms with van der Waals surface area (Å²) >= 11 is 0. The van der Waals surface area contributed by atoms with Crippen LogP contribution in [0.3, 0.4) is 0 Å². The van der Waals surface area contributed by atoms with E-state index in [4.69, 9.17) is 46.6 Å². The molecule has 0 aromatic carbocycles. The summed E-state index contributed by atoms with van der Waals surface area (Å²) in [5.41, 5.74) is 24.4. The van der Waals surface area contributed by atoms with Crippen LogP contribution in [-0.4, -0.2) is 160 Å². The fraction of sp³-hybridized carbons (Fsp3) is 1.00. The van der Waals surface area contributed by atoms with Crippen LogP contribution in [0.2, 0.25) is 0 Å². The molecule has 2 aliphatic carbocycles. The van der Waals surface area contributed by atoms with Crippen molar-refractivity contribution in [1.29, 1.82) is 0 Å². The predicted molar refractivity (Wildman–Crippen MR) is 152 cm³/mol. The highest BCUT2D eigenvalue weighted by molar-refractivity contribution is 5.02. The maximum atomic E-state index is 11.3. The fourth-order valence-corrected chi connectivity index (χ4v) is 7.19. The first kappa shape index (κ1) is 34.6. The van der Waals surface area contributed by atoms with E-state index in [1.165, 1.54) is 0 Å². The van der Waals surface area contributed by atoms with Gasteiger partial charge < -0.3 is 87.9 Å². The summed E-state index contributed by atoms with van der Waals surface area (Å²) < 4.78 is 30.1. The van der Waals surface area contributed by atoms with E-state index in [9.17, 15) is 30.6 Å². The third-order valence-electron chi connectivity index (χ3n) is 9.89. The van der Waals surface area contributed by atoms with Gasteiger partial charge >= 0.3 is 0 Å². The van der Waals surface area contributed by atoms with Crippen molar-refractivity contribution in [3.8, 4) is 0 Å². The van der Waals surface area contributed by atoms with Crippen LogP contribution in [0.4, 0.5) is 0 Å². The van der Waals surface area contributed by atoms with Gasteiger partial charge in [0.15, 0.2) is 18.9 Å². The Hall–Kier alpha value is -0.680. The molecule has 0 amide bonds. The number of fused-ring (bicyclic) bond motifs is 1. The number of rotatable bonds is 8. The summed E-state index contributed by atoms with van der Waals surface area (Å²) in [5.74, 6) is 0. The highest BCUT2D eigenvalue weighted by atomic mass is 16.8. The summed E-state index contributed by atoms with van der Waals surface area (Å²) in [4.78, 5) is 0. The molecule has 0 radical (unpaired) electrons. The van der Waals surface area contributed by atoms with Gasteiger partial charge in [0.2, 0.25) is 0 Å².